The number of Topliss-reactive ketones (excluding diaryl/α,β-unsaturated/α-hetero) is 1. The lowest BCUT2D eigenvalue weighted by Gasteiger charge is -2.28. The van der Waals surface area contributed by atoms with E-state index in [9.17, 15) is 4.79 Å². The van der Waals surface area contributed by atoms with E-state index >= 15 is 0 Å². The second-order valence-electron chi connectivity index (χ2n) is 5.25. The Balaban J connectivity index is 4.34. The molecule has 0 aliphatic heterocycles. The van der Waals surface area contributed by atoms with Gasteiger partial charge in [0.25, 0.3) is 0 Å². The van der Waals surface area contributed by atoms with E-state index in [-0.39, 0.29) is 5.92 Å². The number of ketones is 1. The van der Waals surface area contributed by atoms with Crippen molar-refractivity contribution in [3.8, 4) is 0 Å². The fourth-order valence-corrected chi connectivity index (χ4v) is 2.35. The van der Waals surface area contributed by atoms with E-state index in [1.165, 1.54) is 6.42 Å². The predicted octanol–water partition coefficient (Wildman–Crippen LogP) is 4.31. The average Bonchev–Trinajstić information content (AvgIpc) is 2.22. The Morgan fingerprint density at radius 3 is 1.93 bits per heavy atom. The Labute approximate surface area is 95.6 Å². The molecule has 90 valence electrons. The van der Waals surface area contributed by atoms with Crippen LogP contribution in [0.25, 0.3) is 0 Å². The molecule has 0 N–H and O–H groups in total. The van der Waals surface area contributed by atoms with Gasteiger partial charge in [-0.15, -0.1) is 0 Å². The summed E-state index contributed by atoms with van der Waals surface area (Å²) >= 11 is 0. The quantitative estimate of drug-likeness (QED) is 0.614. The van der Waals surface area contributed by atoms with Crippen LogP contribution in [0.3, 0.4) is 0 Å². The second kappa shape index (κ2) is 7.03. The summed E-state index contributed by atoms with van der Waals surface area (Å²) in [6.45, 7) is 13.2. The van der Waals surface area contributed by atoms with Crippen LogP contribution < -0.4 is 0 Å². The maximum Gasteiger partial charge on any atom is 0.135 e. The molecule has 3 atom stereocenters. The molecule has 1 nitrogen and oxygen atoms in total. The fraction of sp³-hybridized carbons (Fsp3) is 0.929. The Hall–Kier alpha value is -0.330. The molecule has 0 rings (SSSR count). The first-order valence-electron chi connectivity index (χ1n) is 6.46. The van der Waals surface area contributed by atoms with Crippen LogP contribution in [-0.4, -0.2) is 5.78 Å². The van der Waals surface area contributed by atoms with Gasteiger partial charge in [-0.05, 0) is 24.2 Å². The van der Waals surface area contributed by atoms with Crippen molar-refractivity contribution < 1.29 is 4.79 Å². The zero-order valence-corrected chi connectivity index (χ0v) is 11.3. The zero-order chi connectivity index (χ0) is 12.0. The third-order valence-corrected chi connectivity index (χ3v) is 3.75. The molecule has 0 aromatic carbocycles. The van der Waals surface area contributed by atoms with Crippen LogP contribution in [0.5, 0.6) is 0 Å². The summed E-state index contributed by atoms with van der Waals surface area (Å²) in [7, 11) is 0. The first-order valence-corrected chi connectivity index (χ1v) is 6.46. The number of carbonyl (C=O) groups is 1. The molecule has 0 radical (unpaired) electrons. The van der Waals surface area contributed by atoms with Gasteiger partial charge in [-0.25, -0.2) is 0 Å². The van der Waals surface area contributed by atoms with Crippen molar-refractivity contribution in [3.63, 3.8) is 0 Å². The van der Waals surface area contributed by atoms with Gasteiger partial charge in [0.05, 0.1) is 0 Å². The van der Waals surface area contributed by atoms with Gasteiger partial charge in [0.1, 0.15) is 5.78 Å². The molecule has 0 heterocycles. The van der Waals surface area contributed by atoms with Crippen molar-refractivity contribution in [2.45, 2.75) is 60.8 Å². The Morgan fingerprint density at radius 2 is 1.60 bits per heavy atom. The summed E-state index contributed by atoms with van der Waals surface area (Å²) in [6, 6.07) is 0. The zero-order valence-electron chi connectivity index (χ0n) is 11.3. The molecule has 0 spiro atoms. The van der Waals surface area contributed by atoms with E-state index in [0.717, 1.165) is 12.3 Å². The summed E-state index contributed by atoms with van der Waals surface area (Å²) in [4.78, 5) is 11.6. The topological polar surface area (TPSA) is 17.1 Å². The minimum Gasteiger partial charge on any atom is -0.299 e. The van der Waals surface area contributed by atoms with Gasteiger partial charge in [0.15, 0.2) is 0 Å². The number of hydrogen-bond acceptors (Lipinski definition) is 1. The van der Waals surface area contributed by atoms with Gasteiger partial charge in [-0.2, -0.15) is 0 Å². The normalized spacial score (nSPS) is 17.5. The van der Waals surface area contributed by atoms with E-state index in [2.05, 4.69) is 34.6 Å². The van der Waals surface area contributed by atoms with Crippen LogP contribution in [0.1, 0.15) is 60.8 Å². The third kappa shape index (κ3) is 4.81. The molecule has 0 amide bonds. The Morgan fingerprint density at radius 1 is 1.07 bits per heavy atom. The smallest absolute Gasteiger partial charge is 0.135 e. The second-order valence-corrected chi connectivity index (χ2v) is 5.25. The number of rotatable bonds is 7. The van der Waals surface area contributed by atoms with Crippen LogP contribution >= 0.6 is 0 Å². The Bertz CT molecular complexity index is 184. The van der Waals surface area contributed by atoms with Crippen LogP contribution in [0, 0.1) is 23.7 Å². The maximum absolute atomic E-state index is 11.6. The van der Waals surface area contributed by atoms with Gasteiger partial charge >= 0.3 is 0 Å². The van der Waals surface area contributed by atoms with E-state index in [4.69, 9.17) is 0 Å². The predicted molar refractivity (Wildman–Crippen MR) is 66.9 cm³/mol. The molecule has 0 aromatic heterocycles. The summed E-state index contributed by atoms with van der Waals surface area (Å²) in [5, 5.41) is 0. The molecule has 0 aliphatic carbocycles. The summed E-state index contributed by atoms with van der Waals surface area (Å²) in [6.07, 6.45) is 2.97. The highest BCUT2D eigenvalue weighted by atomic mass is 16.1. The van der Waals surface area contributed by atoms with Gasteiger partial charge < -0.3 is 0 Å². The van der Waals surface area contributed by atoms with Gasteiger partial charge in [-0.1, -0.05) is 48.0 Å². The van der Waals surface area contributed by atoms with Gasteiger partial charge in [-0.3, -0.25) is 4.79 Å². The molecule has 3 unspecified atom stereocenters. The highest BCUT2D eigenvalue weighted by molar-refractivity contribution is 5.80. The molecule has 0 aromatic rings. The first kappa shape index (κ1) is 14.7. The molecule has 0 aliphatic rings. The van der Waals surface area contributed by atoms with Crippen molar-refractivity contribution in [1.29, 1.82) is 0 Å². The average molecular weight is 212 g/mol. The monoisotopic (exact) mass is 212 g/mol. The number of hydrogen-bond donors (Lipinski definition) is 0. The van der Waals surface area contributed by atoms with Crippen molar-refractivity contribution in [2.24, 2.45) is 23.7 Å². The van der Waals surface area contributed by atoms with Crippen LogP contribution in [0.4, 0.5) is 0 Å². The largest absolute Gasteiger partial charge is 0.299 e. The van der Waals surface area contributed by atoms with E-state index in [1.807, 2.05) is 6.92 Å². The van der Waals surface area contributed by atoms with Crippen LogP contribution in [0.15, 0.2) is 0 Å². The van der Waals surface area contributed by atoms with Crippen LogP contribution in [-0.2, 0) is 4.79 Å². The SMILES string of the molecule is CCC(=O)C(C)CC(C(C)C)C(C)CC. The molecular weight excluding hydrogens is 184 g/mol. The van der Waals surface area contributed by atoms with Crippen molar-refractivity contribution in [2.75, 3.05) is 0 Å². The lowest BCUT2D eigenvalue weighted by molar-refractivity contribution is -0.122. The molecule has 1 heteroatoms. The summed E-state index contributed by atoms with van der Waals surface area (Å²) in [5.41, 5.74) is 0. The van der Waals surface area contributed by atoms with E-state index < -0.39 is 0 Å². The first-order chi connectivity index (χ1) is 6.93. The van der Waals surface area contributed by atoms with Crippen molar-refractivity contribution in [3.05, 3.63) is 0 Å². The molecule has 0 bridgehead atoms. The lowest BCUT2D eigenvalue weighted by atomic mass is 9.76. The highest BCUT2D eigenvalue weighted by Crippen LogP contribution is 2.30. The molecule has 0 saturated heterocycles. The van der Waals surface area contributed by atoms with Gasteiger partial charge in [0, 0.05) is 12.3 Å². The minimum atomic E-state index is 0.247. The molecule has 0 fully saturated rings. The van der Waals surface area contributed by atoms with Crippen molar-refractivity contribution in [1.82, 2.24) is 0 Å². The van der Waals surface area contributed by atoms with E-state index in [0.29, 0.717) is 24.0 Å². The molecule has 15 heavy (non-hydrogen) atoms. The molecule has 0 saturated carbocycles. The minimum absolute atomic E-state index is 0.247. The molecular formula is C14H28O. The standard InChI is InChI=1S/C14H28O/c1-7-11(5)13(10(3)4)9-12(6)14(15)8-2/h10-13H,7-9H2,1-6H3. The van der Waals surface area contributed by atoms with Gasteiger partial charge in [0.2, 0.25) is 0 Å². The lowest BCUT2D eigenvalue weighted by Crippen LogP contribution is -2.23. The number of carbonyl (C=O) groups excluding carboxylic acids is 1. The third-order valence-electron chi connectivity index (χ3n) is 3.75. The summed E-state index contributed by atoms with van der Waals surface area (Å²) in [5.74, 6) is 2.78. The van der Waals surface area contributed by atoms with Crippen LogP contribution in [0.2, 0.25) is 0 Å². The van der Waals surface area contributed by atoms with E-state index in [1.54, 1.807) is 0 Å². The highest BCUT2D eigenvalue weighted by Gasteiger charge is 2.24. The fourth-order valence-electron chi connectivity index (χ4n) is 2.35. The Kier molecular flexibility index (Phi) is 6.87. The van der Waals surface area contributed by atoms with Crippen molar-refractivity contribution >= 4 is 5.78 Å². The summed E-state index contributed by atoms with van der Waals surface area (Å²) < 4.78 is 0. The maximum atomic E-state index is 11.6.